The first-order valence-electron chi connectivity index (χ1n) is 7.94. The number of hydrogen-bond acceptors (Lipinski definition) is 3. The van der Waals surface area contributed by atoms with Crippen LogP contribution in [-0.4, -0.2) is 30.3 Å². The van der Waals surface area contributed by atoms with Gasteiger partial charge in [0, 0.05) is 24.9 Å². The van der Waals surface area contributed by atoms with E-state index in [1.165, 1.54) is 0 Å². The van der Waals surface area contributed by atoms with E-state index in [0.29, 0.717) is 19.0 Å². The van der Waals surface area contributed by atoms with Crippen LogP contribution in [0.5, 0.6) is 0 Å². The van der Waals surface area contributed by atoms with Crippen molar-refractivity contribution >= 4 is 11.7 Å². The van der Waals surface area contributed by atoms with E-state index in [9.17, 15) is 9.59 Å². The standard InChI is InChI=1S/C16H32N2O2/c1-6-9-15(19)17-11-8-7-10-14(18-13(4)5)16(20)12(2)3/h12-14,18H,6-11H2,1-5H3,(H,17,19)/t14-/m0/s1. The molecule has 0 saturated heterocycles. The van der Waals surface area contributed by atoms with Crippen molar-refractivity contribution in [2.24, 2.45) is 5.92 Å². The Kier molecular flexibility index (Phi) is 10.3. The molecule has 0 aliphatic carbocycles. The Morgan fingerprint density at radius 1 is 1.05 bits per heavy atom. The highest BCUT2D eigenvalue weighted by Crippen LogP contribution is 2.08. The molecular formula is C16H32N2O2. The minimum absolute atomic E-state index is 0.0543. The largest absolute Gasteiger partial charge is 0.356 e. The summed E-state index contributed by atoms with van der Waals surface area (Å²) in [5.41, 5.74) is 0. The SMILES string of the molecule is CCCC(=O)NCCCC[C@H](NC(C)C)C(=O)C(C)C. The van der Waals surface area contributed by atoms with E-state index in [2.05, 4.69) is 24.5 Å². The van der Waals surface area contributed by atoms with E-state index in [1.807, 2.05) is 20.8 Å². The van der Waals surface area contributed by atoms with Crippen molar-refractivity contribution in [2.45, 2.75) is 78.8 Å². The van der Waals surface area contributed by atoms with E-state index in [0.717, 1.165) is 25.7 Å². The number of Topliss-reactive ketones (excluding diaryl/α,β-unsaturated/α-hetero) is 1. The molecule has 0 radical (unpaired) electrons. The Morgan fingerprint density at radius 2 is 1.70 bits per heavy atom. The zero-order valence-corrected chi connectivity index (χ0v) is 13.8. The van der Waals surface area contributed by atoms with Crippen LogP contribution in [-0.2, 0) is 9.59 Å². The Hall–Kier alpha value is -0.900. The first-order valence-corrected chi connectivity index (χ1v) is 7.94. The molecule has 0 aliphatic rings. The molecule has 118 valence electrons. The maximum Gasteiger partial charge on any atom is 0.219 e. The van der Waals surface area contributed by atoms with Gasteiger partial charge in [0.1, 0.15) is 0 Å². The quantitative estimate of drug-likeness (QED) is 0.573. The number of unbranched alkanes of at least 4 members (excludes halogenated alkanes) is 1. The average Bonchev–Trinajstić information content (AvgIpc) is 2.35. The summed E-state index contributed by atoms with van der Waals surface area (Å²) in [6.45, 7) is 10.7. The van der Waals surface area contributed by atoms with Gasteiger partial charge in [0.25, 0.3) is 0 Å². The molecule has 0 spiro atoms. The van der Waals surface area contributed by atoms with Crippen molar-refractivity contribution in [3.8, 4) is 0 Å². The molecule has 0 unspecified atom stereocenters. The lowest BCUT2D eigenvalue weighted by atomic mass is 9.96. The van der Waals surface area contributed by atoms with Crippen molar-refractivity contribution in [1.82, 2.24) is 10.6 Å². The molecule has 0 heterocycles. The minimum atomic E-state index is -0.0543. The third-order valence-corrected chi connectivity index (χ3v) is 3.17. The van der Waals surface area contributed by atoms with Crippen molar-refractivity contribution < 1.29 is 9.59 Å². The highest BCUT2D eigenvalue weighted by atomic mass is 16.1. The van der Waals surface area contributed by atoms with E-state index < -0.39 is 0 Å². The lowest BCUT2D eigenvalue weighted by Gasteiger charge is -2.22. The van der Waals surface area contributed by atoms with Gasteiger partial charge in [-0.1, -0.05) is 34.6 Å². The maximum absolute atomic E-state index is 12.1. The van der Waals surface area contributed by atoms with Crippen LogP contribution < -0.4 is 10.6 Å². The summed E-state index contributed by atoms with van der Waals surface area (Å²) in [7, 11) is 0. The molecule has 1 atom stereocenters. The summed E-state index contributed by atoms with van der Waals surface area (Å²) in [4.78, 5) is 23.4. The van der Waals surface area contributed by atoms with Crippen LogP contribution in [0.2, 0.25) is 0 Å². The summed E-state index contributed by atoms with van der Waals surface area (Å²) in [6, 6.07) is 0.258. The van der Waals surface area contributed by atoms with Crippen LogP contribution in [0, 0.1) is 5.92 Å². The van der Waals surface area contributed by atoms with Crippen molar-refractivity contribution in [1.29, 1.82) is 0 Å². The predicted octanol–water partition coefficient (Wildman–Crippen LogP) is 2.66. The average molecular weight is 284 g/mol. The lowest BCUT2D eigenvalue weighted by molar-refractivity contribution is -0.124. The third-order valence-electron chi connectivity index (χ3n) is 3.17. The molecule has 0 saturated carbocycles. The third kappa shape index (κ3) is 9.08. The van der Waals surface area contributed by atoms with Crippen molar-refractivity contribution in [3.05, 3.63) is 0 Å². The van der Waals surface area contributed by atoms with Crippen LogP contribution in [0.1, 0.15) is 66.7 Å². The molecule has 20 heavy (non-hydrogen) atoms. The second kappa shape index (κ2) is 10.8. The molecule has 0 aromatic carbocycles. The molecule has 0 bridgehead atoms. The van der Waals surface area contributed by atoms with Crippen LogP contribution in [0.4, 0.5) is 0 Å². The van der Waals surface area contributed by atoms with Gasteiger partial charge < -0.3 is 10.6 Å². The van der Waals surface area contributed by atoms with Gasteiger partial charge in [0.15, 0.2) is 5.78 Å². The monoisotopic (exact) mass is 284 g/mol. The highest BCUT2D eigenvalue weighted by molar-refractivity contribution is 5.85. The molecule has 2 N–H and O–H groups in total. The summed E-state index contributed by atoms with van der Waals surface area (Å²) in [5.74, 6) is 0.479. The highest BCUT2D eigenvalue weighted by Gasteiger charge is 2.20. The van der Waals surface area contributed by atoms with E-state index in [4.69, 9.17) is 0 Å². The van der Waals surface area contributed by atoms with Crippen LogP contribution >= 0.6 is 0 Å². The Morgan fingerprint density at radius 3 is 2.20 bits per heavy atom. The Labute approximate surface area is 124 Å². The van der Waals surface area contributed by atoms with Gasteiger partial charge in [0.05, 0.1) is 6.04 Å². The number of carbonyl (C=O) groups is 2. The maximum atomic E-state index is 12.1. The Bertz CT molecular complexity index is 288. The fourth-order valence-corrected chi connectivity index (χ4v) is 2.13. The number of ketones is 1. The smallest absolute Gasteiger partial charge is 0.219 e. The zero-order valence-electron chi connectivity index (χ0n) is 13.8. The number of carbonyl (C=O) groups excluding carboxylic acids is 2. The van der Waals surface area contributed by atoms with Gasteiger partial charge >= 0.3 is 0 Å². The number of rotatable bonds is 11. The summed E-state index contributed by atoms with van der Waals surface area (Å²) in [5, 5.41) is 6.25. The molecule has 0 aromatic rings. The number of hydrogen-bond donors (Lipinski definition) is 2. The summed E-state index contributed by atoms with van der Waals surface area (Å²) < 4.78 is 0. The van der Waals surface area contributed by atoms with Crippen LogP contribution in [0.3, 0.4) is 0 Å². The fraction of sp³-hybridized carbons (Fsp3) is 0.875. The number of amides is 1. The van der Waals surface area contributed by atoms with Crippen molar-refractivity contribution in [3.63, 3.8) is 0 Å². The molecule has 4 nitrogen and oxygen atoms in total. The second-order valence-corrected chi connectivity index (χ2v) is 6.03. The van der Waals surface area contributed by atoms with E-state index in [-0.39, 0.29) is 23.7 Å². The fourth-order valence-electron chi connectivity index (χ4n) is 2.13. The zero-order chi connectivity index (χ0) is 15.5. The number of nitrogens with one attached hydrogen (secondary N) is 2. The normalized spacial score (nSPS) is 12.8. The van der Waals surface area contributed by atoms with Crippen LogP contribution in [0.15, 0.2) is 0 Å². The first-order chi connectivity index (χ1) is 9.38. The van der Waals surface area contributed by atoms with Gasteiger partial charge in [-0.25, -0.2) is 0 Å². The van der Waals surface area contributed by atoms with Gasteiger partial charge in [-0.3, -0.25) is 9.59 Å². The first kappa shape index (κ1) is 19.1. The minimum Gasteiger partial charge on any atom is -0.356 e. The summed E-state index contributed by atoms with van der Waals surface area (Å²) in [6.07, 6.45) is 4.21. The summed E-state index contributed by atoms with van der Waals surface area (Å²) >= 11 is 0. The van der Waals surface area contributed by atoms with Crippen molar-refractivity contribution in [2.75, 3.05) is 6.54 Å². The van der Waals surface area contributed by atoms with Gasteiger partial charge in [0.2, 0.25) is 5.91 Å². The van der Waals surface area contributed by atoms with Crippen LogP contribution in [0.25, 0.3) is 0 Å². The van der Waals surface area contributed by atoms with Gasteiger partial charge in [-0.15, -0.1) is 0 Å². The molecule has 0 aliphatic heterocycles. The molecule has 0 rings (SSSR count). The van der Waals surface area contributed by atoms with E-state index >= 15 is 0 Å². The predicted molar refractivity (Wildman–Crippen MR) is 83.7 cm³/mol. The molecule has 4 heteroatoms. The van der Waals surface area contributed by atoms with E-state index in [1.54, 1.807) is 0 Å². The lowest BCUT2D eigenvalue weighted by Crippen LogP contribution is -2.42. The molecule has 0 aromatic heterocycles. The molecule has 1 amide bonds. The molecular weight excluding hydrogens is 252 g/mol. The topological polar surface area (TPSA) is 58.2 Å². The molecule has 0 fully saturated rings. The Balaban J connectivity index is 3.96. The van der Waals surface area contributed by atoms with Gasteiger partial charge in [-0.05, 0) is 25.7 Å². The second-order valence-electron chi connectivity index (χ2n) is 6.03. The van der Waals surface area contributed by atoms with Gasteiger partial charge in [-0.2, -0.15) is 0 Å².